The standard InChI is InChI=1S/C15H27N5O/c1-2-3-4-8-17-9-5-13-21-14-12-20-10-6-15(7-11-20)18-19-16/h1,15,17H,3-14H2. The highest BCUT2D eigenvalue weighted by Gasteiger charge is 2.17. The molecule has 1 aliphatic rings. The van der Waals surface area contributed by atoms with Gasteiger partial charge in [0.2, 0.25) is 0 Å². The predicted molar refractivity (Wildman–Crippen MR) is 85.0 cm³/mol. The smallest absolute Gasteiger partial charge is 0.0593 e. The van der Waals surface area contributed by atoms with Crippen LogP contribution in [-0.2, 0) is 4.74 Å². The maximum atomic E-state index is 8.40. The lowest BCUT2D eigenvalue weighted by Crippen LogP contribution is -2.37. The Hall–Kier alpha value is -1.25. The molecule has 0 aromatic heterocycles. The molecule has 0 aromatic carbocycles. The number of azide groups is 1. The second-order valence-electron chi connectivity index (χ2n) is 5.30. The lowest BCUT2D eigenvalue weighted by molar-refractivity contribution is 0.0927. The number of likely N-dealkylation sites (tertiary alicyclic amines) is 1. The lowest BCUT2D eigenvalue weighted by Gasteiger charge is -2.29. The van der Waals surface area contributed by atoms with E-state index in [0.717, 1.165) is 78.0 Å². The summed E-state index contributed by atoms with van der Waals surface area (Å²) in [4.78, 5) is 5.25. The summed E-state index contributed by atoms with van der Waals surface area (Å²) in [6.45, 7) is 6.54. The highest BCUT2D eigenvalue weighted by molar-refractivity contribution is 4.83. The van der Waals surface area contributed by atoms with Gasteiger partial charge in [0.15, 0.2) is 0 Å². The van der Waals surface area contributed by atoms with Gasteiger partial charge in [-0.05, 0) is 57.4 Å². The molecule has 0 radical (unpaired) electrons. The maximum Gasteiger partial charge on any atom is 0.0593 e. The average Bonchev–Trinajstić information content (AvgIpc) is 2.51. The van der Waals surface area contributed by atoms with Crippen molar-refractivity contribution in [2.75, 3.05) is 45.9 Å². The van der Waals surface area contributed by atoms with Crippen LogP contribution < -0.4 is 5.32 Å². The molecule has 6 nitrogen and oxygen atoms in total. The Bertz CT molecular complexity index is 340. The molecule has 1 N–H and O–H groups in total. The van der Waals surface area contributed by atoms with E-state index in [-0.39, 0.29) is 6.04 Å². The molecule has 1 rings (SSSR count). The first-order valence-electron chi connectivity index (χ1n) is 7.85. The van der Waals surface area contributed by atoms with Gasteiger partial charge in [-0.3, -0.25) is 0 Å². The van der Waals surface area contributed by atoms with Crippen LogP contribution in [0.1, 0.15) is 32.1 Å². The van der Waals surface area contributed by atoms with Crippen molar-refractivity contribution in [2.24, 2.45) is 5.11 Å². The Kier molecular flexibility index (Phi) is 10.6. The molecule has 0 amide bonds. The molecule has 1 heterocycles. The van der Waals surface area contributed by atoms with Gasteiger partial charge in [-0.15, -0.1) is 12.3 Å². The minimum Gasteiger partial charge on any atom is -0.380 e. The van der Waals surface area contributed by atoms with Gasteiger partial charge in [0.05, 0.1) is 6.61 Å². The van der Waals surface area contributed by atoms with Gasteiger partial charge in [0.1, 0.15) is 0 Å². The molecular weight excluding hydrogens is 266 g/mol. The molecule has 21 heavy (non-hydrogen) atoms. The lowest BCUT2D eigenvalue weighted by atomic mass is 10.1. The van der Waals surface area contributed by atoms with E-state index >= 15 is 0 Å². The van der Waals surface area contributed by atoms with Crippen molar-refractivity contribution in [2.45, 2.75) is 38.1 Å². The first kappa shape index (κ1) is 17.8. The molecule has 0 aromatic rings. The van der Waals surface area contributed by atoms with E-state index in [0.29, 0.717) is 0 Å². The van der Waals surface area contributed by atoms with Crippen LogP contribution in [0.3, 0.4) is 0 Å². The molecule has 0 bridgehead atoms. The van der Waals surface area contributed by atoms with Gasteiger partial charge in [-0.1, -0.05) is 5.11 Å². The Morgan fingerprint density at radius 3 is 2.76 bits per heavy atom. The molecular formula is C15H27N5O. The van der Waals surface area contributed by atoms with Gasteiger partial charge in [-0.25, -0.2) is 0 Å². The minimum atomic E-state index is 0.188. The number of hydrogen-bond acceptors (Lipinski definition) is 4. The molecule has 118 valence electrons. The summed E-state index contributed by atoms with van der Waals surface area (Å²) in [6, 6.07) is 0.188. The van der Waals surface area contributed by atoms with Crippen LogP contribution in [0.15, 0.2) is 5.11 Å². The van der Waals surface area contributed by atoms with Crippen molar-refractivity contribution in [3.8, 4) is 12.3 Å². The summed E-state index contributed by atoms with van der Waals surface area (Å²) in [7, 11) is 0. The fraction of sp³-hybridized carbons (Fsp3) is 0.867. The summed E-state index contributed by atoms with van der Waals surface area (Å²) in [5.41, 5.74) is 8.40. The third-order valence-corrected chi connectivity index (χ3v) is 3.64. The first-order chi connectivity index (χ1) is 10.4. The summed E-state index contributed by atoms with van der Waals surface area (Å²) in [5.74, 6) is 2.63. The normalized spacial score (nSPS) is 16.3. The summed E-state index contributed by atoms with van der Waals surface area (Å²) in [6.07, 6.45) is 10.0. The van der Waals surface area contributed by atoms with Crippen LogP contribution in [0, 0.1) is 12.3 Å². The van der Waals surface area contributed by atoms with Gasteiger partial charge in [-0.2, -0.15) is 0 Å². The third-order valence-electron chi connectivity index (χ3n) is 3.64. The number of nitrogens with zero attached hydrogens (tertiary/aromatic N) is 4. The number of nitrogens with one attached hydrogen (secondary N) is 1. The Balaban J connectivity index is 1.85. The fourth-order valence-corrected chi connectivity index (χ4v) is 2.37. The quantitative estimate of drug-likeness (QED) is 0.209. The number of ether oxygens (including phenoxy) is 1. The zero-order valence-corrected chi connectivity index (χ0v) is 12.8. The van der Waals surface area contributed by atoms with Crippen LogP contribution in [0.4, 0.5) is 0 Å². The van der Waals surface area contributed by atoms with Crippen LogP contribution in [-0.4, -0.2) is 56.9 Å². The van der Waals surface area contributed by atoms with Gasteiger partial charge >= 0.3 is 0 Å². The average molecular weight is 293 g/mol. The van der Waals surface area contributed by atoms with E-state index in [2.05, 4.69) is 26.2 Å². The summed E-state index contributed by atoms with van der Waals surface area (Å²) in [5, 5.41) is 7.13. The Labute approximate surface area is 127 Å². The molecule has 0 atom stereocenters. The highest BCUT2D eigenvalue weighted by atomic mass is 16.5. The van der Waals surface area contributed by atoms with E-state index in [1.54, 1.807) is 0 Å². The fourth-order valence-electron chi connectivity index (χ4n) is 2.37. The molecule has 0 spiro atoms. The van der Waals surface area contributed by atoms with Crippen LogP contribution in [0.5, 0.6) is 0 Å². The number of piperidine rings is 1. The van der Waals surface area contributed by atoms with Crippen molar-refractivity contribution >= 4 is 0 Å². The highest BCUT2D eigenvalue weighted by Crippen LogP contribution is 2.13. The molecule has 0 saturated carbocycles. The number of hydrogen-bond donors (Lipinski definition) is 1. The molecule has 0 aliphatic carbocycles. The van der Waals surface area contributed by atoms with Crippen LogP contribution in [0.25, 0.3) is 10.4 Å². The van der Waals surface area contributed by atoms with Crippen molar-refractivity contribution in [3.63, 3.8) is 0 Å². The number of rotatable bonds is 11. The number of terminal acetylenes is 1. The third kappa shape index (κ3) is 9.33. The number of unbranched alkanes of at least 4 members (excludes halogenated alkanes) is 1. The SMILES string of the molecule is C#CCCCNCCCOCCN1CCC(N=[N+]=[N-])CC1. The first-order valence-corrected chi connectivity index (χ1v) is 7.85. The zero-order chi connectivity index (χ0) is 15.2. The second kappa shape index (κ2) is 12.5. The van der Waals surface area contributed by atoms with Crippen LogP contribution >= 0.6 is 0 Å². The molecule has 1 fully saturated rings. The maximum absolute atomic E-state index is 8.40. The van der Waals surface area contributed by atoms with E-state index < -0.39 is 0 Å². The zero-order valence-electron chi connectivity index (χ0n) is 12.8. The van der Waals surface area contributed by atoms with E-state index in [1.807, 2.05) is 0 Å². The van der Waals surface area contributed by atoms with Crippen molar-refractivity contribution in [1.82, 2.24) is 10.2 Å². The molecule has 6 heteroatoms. The largest absolute Gasteiger partial charge is 0.380 e. The summed E-state index contributed by atoms with van der Waals surface area (Å²) < 4.78 is 5.64. The van der Waals surface area contributed by atoms with Crippen molar-refractivity contribution in [1.29, 1.82) is 0 Å². The van der Waals surface area contributed by atoms with E-state index in [4.69, 9.17) is 16.7 Å². The second-order valence-corrected chi connectivity index (χ2v) is 5.30. The topological polar surface area (TPSA) is 73.3 Å². The van der Waals surface area contributed by atoms with E-state index in [1.165, 1.54) is 0 Å². The van der Waals surface area contributed by atoms with E-state index in [9.17, 15) is 0 Å². The Morgan fingerprint density at radius 2 is 2.05 bits per heavy atom. The van der Waals surface area contributed by atoms with Crippen molar-refractivity contribution < 1.29 is 4.74 Å². The van der Waals surface area contributed by atoms with Gasteiger partial charge in [0, 0.05) is 30.5 Å². The van der Waals surface area contributed by atoms with Crippen LogP contribution in [0.2, 0.25) is 0 Å². The molecule has 0 unspecified atom stereocenters. The Morgan fingerprint density at radius 1 is 1.29 bits per heavy atom. The van der Waals surface area contributed by atoms with Gasteiger partial charge < -0.3 is 15.0 Å². The minimum absolute atomic E-state index is 0.188. The van der Waals surface area contributed by atoms with Crippen molar-refractivity contribution in [3.05, 3.63) is 10.4 Å². The summed E-state index contributed by atoms with van der Waals surface area (Å²) >= 11 is 0. The molecule has 1 saturated heterocycles. The van der Waals surface area contributed by atoms with Gasteiger partial charge in [0.25, 0.3) is 0 Å². The predicted octanol–water partition coefficient (Wildman–Crippen LogP) is 2.17. The molecule has 1 aliphatic heterocycles. The monoisotopic (exact) mass is 293 g/mol.